The first-order chi connectivity index (χ1) is 10.3. The second-order valence-corrected chi connectivity index (χ2v) is 5.94. The van der Waals surface area contributed by atoms with Gasteiger partial charge in [0.15, 0.2) is 0 Å². The molecule has 0 aromatic heterocycles. The minimum absolute atomic E-state index is 0.180. The van der Waals surface area contributed by atoms with Crippen molar-refractivity contribution in [1.29, 1.82) is 0 Å². The van der Waals surface area contributed by atoms with E-state index in [9.17, 15) is 4.79 Å². The highest BCUT2D eigenvalue weighted by Crippen LogP contribution is 2.28. The fraction of sp³-hybridized carbons (Fsp3) is 0.235. The van der Waals surface area contributed by atoms with Gasteiger partial charge < -0.3 is 10.2 Å². The third kappa shape index (κ3) is 3.10. The SMILES string of the molecule is O=C(CCNc1ccccc1Br)N1CCc2ccccc21. The van der Waals surface area contributed by atoms with Crippen LogP contribution in [0.1, 0.15) is 12.0 Å². The number of anilines is 2. The van der Waals surface area contributed by atoms with E-state index in [1.54, 1.807) is 0 Å². The average Bonchev–Trinajstić information content (AvgIpc) is 2.93. The van der Waals surface area contributed by atoms with Crippen molar-refractivity contribution in [3.63, 3.8) is 0 Å². The van der Waals surface area contributed by atoms with Crippen molar-refractivity contribution in [2.24, 2.45) is 0 Å². The number of para-hydroxylation sites is 2. The number of hydrogen-bond acceptors (Lipinski definition) is 2. The maximum absolute atomic E-state index is 12.4. The fourth-order valence-corrected chi connectivity index (χ4v) is 3.07. The van der Waals surface area contributed by atoms with Crippen LogP contribution < -0.4 is 10.2 Å². The van der Waals surface area contributed by atoms with Gasteiger partial charge in [0.25, 0.3) is 0 Å². The Bertz CT molecular complexity index is 657. The predicted octanol–water partition coefficient (Wildman–Crippen LogP) is 3.84. The fourth-order valence-electron chi connectivity index (χ4n) is 2.64. The zero-order valence-corrected chi connectivity index (χ0v) is 13.3. The molecule has 1 heterocycles. The summed E-state index contributed by atoms with van der Waals surface area (Å²) in [7, 11) is 0. The smallest absolute Gasteiger partial charge is 0.228 e. The Morgan fingerprint density at radius 2 is 1.90 bits per heavy atom. The number of carbonyl (C=O) groups excluding carboxylic acids is 1. The number of hydrogen-bond donors (Lipinski definition) is 1. The number of amides is 1. The van der Waals surface area contributed by atoms with Gasteiger partial charge in [-0.3, -0.25) is 4.79 Å². The van der Waals surface area contributed by atoms with Crippen molar-refractivity contribution in [1.82, 2.24) is 0 Å². The van der Waals surface area contributed by atoms with Crippen molar-refractivity contribution in [3.05, 3.63) is 58.6 Å². The largest absolute Gasteiger partial charge is 0.384 e. The van der Waals surface area contributed by atoms with Crippen LogP contribution in [0, 0.1) is 0 Å². The number of rotatable bonds is 4. The van der Waals surface area contributed by atoms with Crippen LogP contribution in [0.15, 0.2) is 53.0 Å². The van der Waals surface area contributed by atoms with E-state index in [2.05, 4.69) is 27.3 Å². The molecule has 0 spiro atoms. The summed E-state index contributed by atoms with van der Waals surface area (Å²) in [6.07, 6.45) is 1.45. The summed E-state index contributed by atoms with van der Waals surface area (Å²) in [6, 6.07) is 16.1. The Balaban J connectivity index is 1.57. The first-order valence-corrected chi connectivity index (χ1v) is 7.91. The third-order valence-corrected chi connectivity index (χ3v) is 4.41. The molecule has 0 fully saturated rings. The number of halogens is 1. The van der Waals surface area contributed by atoms with E-state index in [0.717, 1.165) is 28.8 Å². The highest BCUT2D eigenvalue weighted by molar-refractivity contribution is 9.10. The lowest BCUT2D eigenvalue weighted by atomic mass is 10.2. The predicted molar refractivity (Wildman–Crippen MR) is 89.7 cm³/mol. The summed E-state index contributed by atoms with van der Waals surface area (Å²) in [6.45, 7) is 1.44. The van der Waals surface area contributed by atoms with Crippen molar-refractivity contribution in [3.8, 4) is 0 Å². The lowest BCUT2D eigenvalue weighted by molar-refractivity contribution is -0.118. The molecule has 108 valence electrons. The zero-order chi connectivity index (χ0) is 14.7. The molecule has 3 nitrogen and oxygen atoms in total. The molecule has 0 unspecified atom stereocenters. The minimum atomic E-state index is 0.180. The Morgan fingerprint density at radius 3 is 2.76 bits per heavy atom. The van der Waals surface area contributed by atoms with E-state index in [4.69, 9.17) is 0 Å². The second-order valence-electron chi connectivity index (χ2n) is 5.08. The molecule has 0 saturated carbocycles. The molecule has 1 aliphatic rings. The summed E-state index contributed by atoms with van der Waals surface area (Å²) < 4.78 is 1.02. The molecule has 0 radical (unpaired) electrons. The van der Waals surface area contributed by atoms with Crippen LogP contribution in [-0.2, 0) is 11.2 Å². The van der Waals surface area contributed by atoms with E-state index in [0.29, 0.717) is 13.0 Å². The number of fused-ring (bicyclic) bond motifs is 1. The van der Waals surface area contributed by atoms with Gasteiger partial charge in [0.05, 0.1) is 0 Å². The number of carbonyl (C=O) groups is 1. The topological polar surface area (TPSA) is 32.3 Å². The molecule has 0 atom stereocenters. The Kier molecular flexibility index (Phi) is 4.25. The van der Waals surface area contributed by atoms with Gasteiger partial charge in [0, 0.05) is 35.4 Å². The number of nitrogens with zero attached hydrogens (tertiary/aromatic N) is 1. The standard InChI is InChI=1S/C17H17BrN2O/c18-14-6-2-3-7-15(14)19-11-9-17(21)20-12-10-13-5-1-4-8-16(13)20/h1-8,19H,9-12H2. The summed E-state index contributed by atoms with van der Waals surface area (Å²) in [5.41, 5.74) is 3.36. The summed E-state index contributed by atoms with van der Waals surface area (Å²) in [5, 5.41) is 3.30. The lowest BCUT2D eigenvalue weighted by Gasteiger charge is -2.17. The molecule has 0 bridgehead atoms. The van der Waals surface area contributed by atoms with Crippen LogP contribution >= 0.6 is 15.9 Å². The lowest BCUT2D eigenvalue weighted by Crippen LogP contribution is -2.30. The van der Waals surface area contributed by atoms with Crippen LogP contribution in [0.4, 0.5) is 11.4 Å². The normalized spacial score (nSPS) is 13.1. The van der Waals surface area contributed by atoms with Crippen LogP contribution in [0.2, 0.25) is 0 Å². The molecule has 4 heteroatoms. The van der Waals surface area contributed by atoms with Crippen LogP contribution in [0.5, 0.6) is 0 Å². The van der Waals surface area contributed by atoms with Gasteiger partial charge >= 0.3 is 0 Å². The molecule has 2 aromatic rings. The first-order valence-electron chi connectivity index (χ1n) is 7.12. The molecule has 1 amide bonds. The Morgan fingerprint density at radius 1 is 1.14 bits per heavy atom. The summed E-state index contributed by atoms with van der Waals surface area (Å²) >= 11 is 3.49. The molecule has 21 heavy (non-hydrogen) atoms. The highest BCUT2D eigenvalue weighted by atomic mass is 79.9. The van der Waals surface area contributed by atoms with Crippen LogP contribution in [0.25, 0.3) is 0 Å². The average molecular weight is 345 g/mol. The van der Waals surface area contributed by atoms with Gasteiger partial charge in [-0.1, -0.05) is 30.3 Å². The number of benzene rings is 2. The van der Waals surface area contributed by atoms with Crippen LogP contribution in [-0.4, -0.2) is 19.0 Å². The van der Waals surface area contributed by atoms with Gasteiger partial charge in [-0.2, -0.15) is 0 Å². The van der Waals surface area contributed by atoms with Crippen molar-refractivity contribution >= 4 is 33.2 Å². The molecule has 1 aliphatic heterocycles. The molecule has 2 aromatic carbocycles. The van der Waals surface area contributed by atoms with Gasteiger partial charge in [-0.15, -0.1) is 0 Å². The Hall–Kier alpha value is -1.81. The van der Waals surface area contributed by atoms with E-state index in [-0.39, 0.29) is 5.91 Å². The third-order valence-electron chi connectivity index (χ3n) is 3.72. The molecule has 3 rings (SSSR count). The summed E-state index contributed by atoms with van der Waals surface area (Å²) in [5.74, 6) is 0.180. The monoisotopic (exact) mass is 344 g/mol. The minimum Gasteiger partial charge on any atom is -0.384 e. The van der Waals surface area contributed by atoms with E-state index >= 15 is 0 Å². The molecule has 0 saturated heterocycles. The van der Waals surface area contributed by atoms with E-state index in [1.165, 1.54) is 5.56 Å². The maximum Gasteiger partial charge on any atom is 0.228 e. The van der Waals surface area contributed by atoms with Gasteiger partial charge in [-0.25, -0.2) is 0 Å². The van der Waals surface area contributed by atoms with E-state index < -0.39 is 0 Å². The second kappa shape index (κ2) is 6.31. The molecule has 0 aliphatic carbocycles. The molecular weight excluding hydrogens is 328 g/mol. The van der Waals surface area contributed by atoms with Gasteiger partial charge in [0.2, 0.25) is 5.91 Å². The quantitative estimate of drug-likeness (QED) is 0.913. The Labute approximate surface area is 133 Å². The maximum atomic E-state index is 12.4. The van der Waals surface area contributed by atoms with Crippen molar-refractivity contribution < 1.29 is 4.79 Å². The first kappa shape index (κ1) is 14.1. The van der Waals surface area contributed by atoms with E-state index in [1.807, 2.05) is 47.4 Å². The van der Waals surface area contributed by atoms with Crippen LogP contribution in [0.3, 0.4) is 0 Å². The zero-order valence-electron chi connectivity index (χ0n) is 11.7. The molecule has 1 N–H and O–H groups in total. The van der Waals surface area contributed by atoms with Gasteiger partial charge in [-0.05, 0) is 46.1 Å². The molecular formula is C17H17BrN2O. The highest BCUT2D eigenvalue weighted by Gasteiger charge is 2.23. The number of nitrogens with one attached hydrogen (secondary N) is 1. The van der Waals surface area contributed by atoms with Crippen molar-refractivity contribution in [2.75, 3.05) is 23.3 Å². The van der Waals surface area contributed by atoms with Crippen molar-refractivity contribution in [2.45, 2.75) is 12.8 Å². The summed E-state index contributed by atoms with van der Waals surface area (Å²) in [4.78, 5) is 14.3. The van der Waals surface area contributed by atoms with Gasteiger partial charge in [0.1, 0.15) is 0 Å².